The monoisotopic (exact) mass is 136 g/mol. The molecule has 0 aromatic rings. The van der Waals surface area contributed by atoms with E-state index in [4.69, 9.17) is 0 Å². The van der Waals surface area contributed by atoms with Gasteiger partial charge in [-0.1, -0.05) is 36.8 Å². The average Bonchev–Trinajstić information content (AvgIpc) is 1.99. The van der Waals surface area contributed by atoms with Gasteiger partial charge < -0.3 is 0 Å². The first-order valence-electron chi connectivity index (χ1n) is 3.64. The third-order valence-corrected chi connectivity index (χ3v) is 1.49. The van der Waals surface area contributed by atoms with Crippen LogP contribution in [0.5, 0.6) is 0 Å². The largest absolute Gasteiger partial charge is 0.102 e. The Kier molecular flexibility index (Phi) is 4.65. The second-order valence-corrected chi connectivity index (χ2v) is 2.49. The third-order valence-electron chi connectivity index (χ3n) is 1.49. The summed E-state index contributed by atoms with van der Waals surface area (Å²) in [5, 5.41) is 0. The van der Waals surface area contributed by atoms with E-state index >= 15 is 0 Å². The van der Waals surface area contributed by atoms with Crippen molar-refractivity contribution in [2.75, 3.05) is 0 Å². The van der Waals surface area contributed by atoms with E-state index in [9.17, 15) is 0 Å². The summed E-state index contributed by atoms with van der Waals surface area (Å²) < 4.78 is 0. The Labute approximate surface area is 64.0 Å². The zero-order valence-corrected chi connectivity index (χ0v) is 7.09. The van der Waals surface area contributed by atoms with Crippen molar-refractivity contribution in [3.63, 3.8) is 0 Å². The second-order valence-electron chi connectivity index (χ2n) is 2.49. The predicted octanol–water partition coefficient (Wildman–Crippen LogP) is 3.33. The normalized spacial score (nSPS) is 15.7. The van der Waals surface area contributed by atoms with Crippen molar-refractivity contribution in [1.29, 1.82) is 0 Å². The topological polar surface area (TPSA) is 0 Å². The van der Waals surface area contributed by atoms with Crippen LogP contribution in [0.2, 0.25) is 0 Å². The van der Waals surface area contributed by atoms with Crippen molar-refractivity contribution in [3.05, 3.63) is 36.5 Å². The molecule has 0 N–H and O–H groups in total. The van der Waals surface area contributed by atoms with Crippen molar-refractivity contribution in [2.24, 2.45) is 5.92 Å². The van der Waals surface area contributed by atoms with Gasteiger partial charge in [-0.3, -0.25) is 0 Å². The van der Waals surface area contributed by atoms with Crippen molar-refractivity contribution in [3.8, 4) is 0 Å². The van der Waals surface area contributed by atoms with E-state index in [2.05, 4.69) is 38.7 Å². The molecule has 0 aliphatic carbocycles. The van der Waals surface area contributed by atoms with Crippen LogP contribution >= 0.6 is 0 Å². The van der Waals surface area contributed by atoms with E-state index < -0.39 is 0 Å². The summed E-state index contributed by atoms with van der Waals surface area (Å²) in [7, 11) is 0. The van der Waals surface area contributed by atoms with Crippen LogP contribution in [0.15, 0.2) is 36.5 Å². The van der Waals surface area contributed by atoms with Gasteiger partial charge in [0.25, 0.3) is 0 Å². The van der Waals surface area contributed by atoms with Crippen molar-refractivity contribution >= 4 is 0 Å². The summed E-state index contributed by atoms with van der Waals surface area (Å²) in [4.78, 5) is 0. The number of hydrogen-bond acceptors (Lipinski definition) is 0. The lowest BCUT2D eigenvalue weighted by atomic mass is 10.1. The zero-order chi connectivity index (χ0) is 7.98. The van der Waals surface area contributed by atoms with Gasteiger partial charge in [-0.2, -0.15) is 0 Å². The van der Waals surface area contributed by atoms with Crippen LogP contribution in [-0.4, -0.2) is 0 Å². The van der Waals surface area contributed by atoms with Crippen LogP contribution in [0.1, 0.15) is 20.8 Å². The first-order chi connectivity index (χ1) is 4.70. The summed E-state index contributed by atoms with van der Waals surface area (Å²) in [5.74, 6) is 0.481. The lowest BCUT2D eigenvalue weighted by Gasteiger charge is -1.94. The van der Waals surface area contributed by atoms with Gasteiger partial charge >= 0.3 is 0 Å². The lowest BCUT2D eigenvalue weighted by Crippen LogP contribution is -1.79. The van der Waals surface area contributed by atoms with Crippen LogP contribution in [0.4, 0.5) is 0 Å². The maximum Gasteiger partial charge on any atom is -0.00813 e. The van der Waals surface area contributed by atoms with Crippen LogP contribution < -0.4 is 0 Å². The van der Waals surface area contributed by atoms with E-state index in [0.717, 1.165) is 0 Å². The molecule has 0 saturated heterocycles. The summed E-state index contributed by atoms with van der Waals surface area (Å²) >= 11 is 0. The molecule has 1 atom stereocenters. The maximum absolute atomic E-state index is 3.69. The molecule has 0 fully saturated rings. The Morgan fingerprint density at radius 3 is 2.50 bits per heavy atom. The highest BCUT2D eigenvalue weighted by atomic mass is 13.9. The van der Waals surface area contributed by atoms with E-state index in [-0.39, 0.29) is 0 Å². The van der Waals surface area contributed by atoms with Gasteiger partial charge in [-0.15, -0.1) is 6.58 Å². The van der Waals surface area contributed by atoms with Crippen LogP contribution in [0, 0.1) is 5.92 Å². The molecule has 1 unspecified atom stereocenters. The van der Waals surface area contributed by atoms with E-state index in [1.165, 1.54) is 5.57 Å². The summed E-state index contributed by atoms with van der Waals surface area (Å²) in [5.41, 5.74) is 1.30. The standard InChI is InChI=1S/C10H16/c1-5-9(3)7-8-10(4)6-2/h5-9H,1H2,2-4H3/b8-7-,10-6+. The first-order valence-corrected chi connectivity index (χ1v) is 3.64. The smallest absolute Gasteiger partial charge is 0.00813 e. The molecule has 0 rings (SSSR count). The maximum atomic E-state index is 3.69. The molecule has 0 aliphatic heterocycles. The van der Waals surface area contributed by atoms with Crippen LogP contribution in [0.25, 0.3) is 0 Å². The highest BCUT2D eigenvalue weighted by Crippen LogP contribution is 2.01. The quantitative estimate of drug-likeness (QED) is 0.412. The van der Waals surface area contributed by atoms with Crippen LogP contribution in [0.3, 0.4) is 0 Å². The Bertz CT molecular complexity index is 149. The second kappa shape index (κ2) is 5.04. The molecule has 10 heavy (non-hydrogen) atoms. The molecule has 0 spiro atoms. The van der Waals surface area contributed by atoms with Gasteiger partial charge in [0.05, 0.1) is 0 Å². The SMILES string of the molecule is C=CC(C)/C=C\C(C)=C\C. The molecule has 0 aromatic heterocycles. The van der Waals surface area contributed by atoms with Gasteiger partial charge in [-0.25, -0.2) is 0 Å². The minimum Gasteiger partial charge on any atom is -0.102 e. The minimum absolute atomic E-state index is 0.481. The van der Waals surface area contributed by atoms with E-state index in [1.807, 2.05) is 13.0 Å². The number of hydrogen-bond donors (Lipinski definition) is 0. The molecule has 0 radical (unpaired) electrons. The fourth-order valence-corrected chi connectivity index (χ4v) is 0.478. The fraction of sp³-hybridized carbons (Fsp3) is 0.400. The van der Waals surface area contributed by atoms with Crippen molar-refractivity contribution in [1.82, 2.24) is 0 Å². The summed E-state index contributed by atoms with van der Waals surface area (Å²) in [6, 6.07) is 0. The van der Waals surface area contributed by atoms with Gasteiger partial charge in [0.1, 0.15) is 0 Å². The Morgan fingerprint density at radius 2 is 2.10 bits per heavy atom. The van der Waals surface area contributed by atoms with Gasteiger partial charge in [0.2, 0.25) is 0 Å². The molecule has 56 valence electrons. The van der Waals surface area contributed by atoms with Gasteiger partial charge in [0, 0.05) is 0 Å². The first kappa shape index (κ1) is 9.22. The van der Waals surface area contributed by atoms with E-state index in [1.54, 1.807) is 0 Å². The van der Waals surface area contributed by atoms with Crippen molar-refractivity contribution in [2.45, 2.75) is 20.8 Å². The molecule has 0 bridgehead atoms. The van der Waals surface area contributed by atoms with Gasteiger partial charge in [0.15, 0.2) is 0 Å². The molecule has 0 saturated carbocycles. The number of allylic oxidation sites excluding steroid dienone is 5. The average molecular weight is 136 g/mol. The summed E-state index contributed by atoms with van der Waals surface area (Å²) in [6.07, 6.45) is 8.28. The minimum atomic E-state index is 0.481. The van der Waals surface area contributed by atoms with Crippen molar-refractivity contribution < 1.29 is 0 Å². The van der Waals surface area contributed by atoms with Gasteiger partial charge in [-0.05, 0) is 19.8 Å². The lowest BCUT2D eigenvalue weighted by molar-refractivity contribution is 0.942. The van der Waals surface area contributed by atoms with E-state index in [0.29, 0.717) is 5.92 Å². The molecule has 0 aliphatic rings. The predicted molar refractivity (Wildman–Crippen MR) is 47.9 cm³/mol. The van der Waals surface area contributed by atoms with Crippen LogP contribution in [-0.2, 0) is 0 Å². The Hall–Kier alpha value is -0.780. The Morgan fingerprint density at radius 1 is 1.50 bits per heavy atom. The molecule has 0 heterocycles. The molecule has 0 heteroatoms. The molecule has 0 amide bonds. The summed E-state index contributed by atoms with van der Waals surface area (Å²) in [6.45, 7) is 9.94. The fourth-order valence-electron chi connectivity index (χ4n) is 0.478. The molecule has 0 aromatic carbocycles. The molecular weight excluding hydrogens is 120 g/mol. The molecule has 0 nitrogen and oxygen atoms in total. The highest BCUT2D eigenvalue weighted by Gasteiger charge is 1.85. The zero-order valence-electron chi connectivity index (χ0n) is 7.09. The third kappa shape index (κ3) is 4.13. The highest BCUT2D eigenvalue weighted by molar-refractivity contribution is 5.16. The Balaban J connectivity index is 3.86. The number of rotatable bonds is 3. The molecular formula is C10H16.